The maximum absolute atomic E-state index is 11.7. The minimum absolute atomic E-state index is 0.0934. The van der Waals surface area contributed by atoms with E-state index in [2.05, 4.69) is 10.2 Å². The van der Waals surface area contributed by atoms with E-state index < -0.39 is 11.9 Å². The van der Waals surface area contributed by atoms with Crippen LogP contribution in [0.15, 0.2) is 0 Å². The van der Waals surface area contributed by atoms with Crippen molar-refractivity contribution < 1.29 is 14.7 Å². The standard InChI is InChI=1S/C12H20N2O3/c1-8(7-14-4-2-3-5-14)13-11(15)9-6-10(9)12(16)17/h8-10H,2-7H2,1H3,(H,13,15)(H,16,17)/t8?,9-,10+/m1/s1. The number of carbonyl (C=O) groups is 2. The molecule has 1 aliphatic carbocycles. The van der Waals surface area contributed by atoms with Crippen molar-refractivity contribution in [3.63, 3.8) is 0 Å². The second-order valence-electron chi connectivity index (χ2n) is 5.20. The van der Waals surface area contributed by atoms with E-state index in [0.29, 0.717) is 6.42 Å². The van der Waals surface area contributed by atoms with Crippen molar-refractivity contribution in [2.24, 2.45) is 11.8 Å². The van der Waals surface area contributed by atoms with Gasteiger partial charge in [-0.15, -0.1) is 0 Å². The number of nitrogens with zero attached hydrogens (tertiary/aromatic N) is 1. The van der Waals surface area contributed by atoms with Crippen molar-refractivity contribution in [2.75, 3.05) is 19.6 Å². The first-order chi connectivity index (χ1) is 8.08. The molecule has 0 bridgehead atoms. The van der Waals surface area contributed by atoms with E-state index in [4.69, 9.17) is 5.11 Å². The molecule has 96 valence electrons. The van der Waals surface area contributed by atoms with Gasteiger partial charge in [0.2, 0.25) is 5.91 Å². The summed E-state index contributed by atoms with van der Waals surface area (Å²) in [5, 5.41) is 11.7. The van der Waals surface area contributed by atoms with Crippen molar-refractivity contribution >= 4 is 11.9 Å². The van der Waals surface area contributed by atoms with Gasteiger partial charge in [0.1, 0.15) is 0 Å². The Morgan fingerprint density at radius 1 is 1.35 bits per heavy atom. The van der Waals surface area contributed by atoms with Gasteiger partial charge in [0, 0.05) is 12.6 Å². The Labute approximate surface area is 101 Å². The van der Waals surface area contributed by atoms with Crippen LogP contribution in [-0.4, -0.2) is 47.6 Å². The van der Waals surface area contributed by atoms with E-state index in [1.165, 1.54) is 12.8 Å². The van der Waals surface area contributed by atoms with Crippen molar-refractivity contribution in [1.29, 1.82) is 0 Å². The van der Waals surface area contributed by atoms with E-state index in [1.807, 2.05) is 6.92 Å². The highest BCUT2D eigenvalue weighted by molar-refractivity contribution is 5.89. The van der Waals surface area contributed by atoms with Gasteiger partial charge in [0.25, 0.3) is 0 Å². The van der Waals surface area contributed by atoms with Gasteiger partial charge in [-0.3, -0.25) is 9.59 Å². The summed E-state index contributed by atoms with van der Waals surface area (Å²) in [5.41, 5.74) is 0. The zero-order valence-corrected chi connectivity index (χ0v) is 10.2. The summed E-state index contributed by atoms with van der Waals surface area (Å²) in [6.45, 7) is 5.08. The molecule has 0 aromatic heterocycles. The average Bonchev–Trinajstić information content (AvgIpc) is 2.92. The fraction of sp³-hybridized carbons (Fsp3) is 0.833. The molecule has 1 saturated heterocycles. The van der Waals surface area contributed by atoms with Crippen LogP contribution >= 0.6 is 0 Å². The van der Waals surface area contributed by atoms with Crippen LogP contribution in [0.5, 0.6) is 0 Å². The zero-order chi connectivity index (χ0) is 12.4. The SMILES string of the molecule is CC(CN1CCCC1)NC(=O)[C@@H]1C[C@@H]1C(=O)O. The number of likely N-dealkylation sites (tertiary alicyclic amines) is 1. The van der Waals surface area contributed by atoms with Gasteiger partial charge < -0.3 is 15.3 Å². The van der Waals surface area contributed by atoms with Crippen LogP contribution in [0, 0.1) is 11.8 Å². The Balaban J connectivity index is 1.69. The Morgan fingerprint density at radius 2 is 2.00 bits per heavy atom. The molecule has 1 heterocycles. The lowest BCUT2D eigenvalue weighted by atomic mass is 10.2. The second kappa shape index (κ2) is 5.04. The fourth-order valence-electron chi connectivity index (χ4n) is 2.51. The molecule has 1 saturated carbocycles. The number of rotatable bonds is 5. The lowest BCUT2D eigenvalue weighted by molar-refractivity contribution is -0.140. The molecule has 0 aromatic rings. The number of carboxylic acid groups (broad SMARTS) is 1. The molecule has 0 aromatic carbocycles. The number of amides is 1. The first-order valence-electron chi connectivity index (χ1n) is 6.33. The van der Waals surface area contributed by atoms with Crippen LogP contribution < -0.4 is 5.32 Å². The van der Waals surface area contributed by atoms with Gasteiger partial charge in [-0.1, -0.05) is 0 Å². The van der Waals surface area contributed by atoms with Crippen molar-refractivity contribution in [3.8, 4) is 0 Å². The van der Waals surface area contributed by atoms with E-state index in [0.717, 1.165) is 19.6 Å². The highest BCUT2D eigenvalue weighted by Crippen LogP contribution is 2.38. The minimum atomic E-state index is -0.850. The predicted octanol–water partition coefficient (Wildman–Crippen LogP) is 0.308. The molecule has 2 fully saturated rings. The molecule has 1 amide bonds. The molecular formula is C12H20N2O3. The molecule has 2 rings (SSSR count). The topological polar surface area (TPSA) is 69.6 Å². The van der Waals surface area contributed by atoms with Crippen LogP contribution in [0.2, 0.25) is 0 Å². The molecule has 2 aliphatic rings. The minimum Gasteiger partial charge on any atom is -0.481 e. The number of hydrogen-bond donors (Lipinski definition) is 2. The Hall–Kier alpha value is -1.10. The smallest absolute Gasteiger partial charge is 0.307 e. The van der Waals surface area contributed by atoms with Crippen LogP contribution in [0.4, 0.5) is 0 Å². The van der Waals surface area contributed by atoms with E-state index in [1.54, 1.807) is 0 Å². The summed E-state index contributed by atoms with van der Waals surface area (Å²) in [5.74, 6) is -1.69. The van der Waals surface area contributed by atoms with Gasteiger partial charge in [-0.25, -0.2) is 0 Å². The first-order valence-corrected chi connectivity index (χ1v) is 6.33. The normalized spacial score (nSPS) is 29.9. The number of aliphatic carboxylic acids is 1. The molecule has 0 radical (unpaired) electrons. The summed E-state index contributed by atoms with van der Waals surface area (Å²) in [4.78, 5) is 24.7. The molecule has 5 nitrogen and oxygen atoms in total. The highest BCUT2D eigenvalue weighted by atomic mass is 16.4. The summed E-state index contributed by atoms with van der Waals surface area (Å²) in [6.07, 6.45) is 2.98. The largest absolute Gasteiger partial charge is 0.481 e. The van der Waals surface area contributed by atoms with Crippen molar-refractivity contribution in [3.05, 3.63) is 0 Å². The molecule has 5 heteroatoms. The molecule has 0 spiro atoms. The number of nitrogens with one attached hydrogen (secondary N) is 1. The maximum atomic E-state index is 11.7. The Morgan fingerprint density at radius 3 is 2.53 bits per heavy atom. The van der Waals surface area contributed by atoms with Gasteiger partial charge in [0.05, 0.1) is 11.8 Å². The van der Waals surface area contributed by atoms with Crippen molar-refractivity contribution in [2.45, 2.75) is 32.2 Å². The molecular weight excluding hydrogens is 220 g/mol. The summed E-state index contributed by atoms with van der Waals surface area (Å²) in [7, 11) is 0. The molecule has 1 unspecified atom stereocenters. The fourth-order valence-corrected chi connectivity index (χ4v) is 2.51. The third kappa shape index (κ3) is 3.19. The molecule has 17 heavy (non-hydrogen) atoms. The Kier molecular flexibility index (Phi) is 3.66. The highest BCUT2D eigenvalue weighted by Gasteiger charge is 2.48. The number of hydrogen-bond acceptors (Lipinski definition) is 3. The summed E-state index contributed by atoms with van der Waals surface area (Å²) < 4.78 is 0. The van der Waals surface area contributed by atoms with E-state index in [-0.39, 0.29) is 17.9 Å². The van der Waals surface area contributed by atoms with Crippen LogP contribution in [0.1, 0.15) is 26.2 Å². The van der Waals surface area contributed by atoms with E-state index in [9.17, 15) is 9.59 Å². The second-order valence-corrected chi connectivity index (χ2v) is 5.20. The lowest BCUT2D eigenvalue weighted by Crippen LogP contribution is -2.42. The first kappa shape index (κ1) is 12.4. The summed E-state index contributed by atoms with van der Waals surface area (Å²) >= 11 is 0. The van der Waals surface area contributed by atoms with Gasteiger partial charge in [-0.2, -0.15) is 0 Å². The maximum Gasteiger partial charge on any atom is 0.307 e. The van der Waals surface area contributed by atoms with Crippen molar-refractivity contribution in [1.82, 2.24) is 10.2 Å². The Bertz CT molecular complexity index is 313. The average molecular weight is 240 g/mol. The molecule has 1 aliphatic heterocycles. The van der Waals surface area contributed by atoms with Crippen LogP contribution in [0.3, 0.4) is 0 Å². The number of carboxylic acids is 1. The van der Waals surface area contributed by atoms with Gasteiger partial charge in [0.15, 0.2) is 0 Å². The van der Waals surface area contributed by atoms with E-state index >= 15 is 0 Å². The molecule has 2 N–H and O–H groups in total. The third-order valence-electron chi connectivity index (χ3n) is 3.56. The number of carbonyl (C=O) groups excluding carboxylic acids is 1. The summed E-state index contributed by atoms with van der Waals surface area (Å²) in [6, 6.07) is 0.107. The van der Waals surface area contributed by atoms with Gasteiger partial charge >= 0.3 is 5.97 Å². The predicted molar refractivity (Wildman–Crippen MR) is 62.5 cm³/mol. The lowest BCUT2D eigenvalue weighted by Gasteiger charge is -2.21. The van der Waals surface area contributed by atoms with Crippen LogP contribution in [-0.2, 0) is 9.59 Å². The van der Waals surface area contributed by atoms with Crippen LogP contribution in [0.25, 0.3) is 0 Å². The molecule has 3 atom stereocenters. The zero-order valence-electron chi connectivity index (χ0n) is 10.2. The third-order valence-corrected chi connectivity index (χ3v) is 3.56. The monoisotopic (exact) mass is 240 g/mol. The van der Waals surface area contributed by atoms with Gasteiger partial charge in [-0.05, 0) is 39.3 Å². The quantitative estimate of drug-likeness (QED) is 0.725.